The van der Waals surface area contributed by atoms with E-state index in [0.717, 1.165) is 24.1 Å². The summed E-state index contributed by atoms with van der Waals surface area (Å²) in [5, 5.41) is 14.1. The molecule has 1 aromatic carbocycles. The number of amides is 1. The van der Waals surface area contributed by atoms with Crippen LogP contribution in [0.25, 0.3) is 0 Å². The van der Waals surface area contributed by atoms with E-state index in [9.17, 15) is 10.0 Å². The third-order valence-electron chi connectivity index (χ3n) is 9.10. The molecule has 7 nitrogen and oxygen atoms in total. The Morgan fingerprint density at radius 2 is 2.07 bits per heavy atom. The molecule has 4 fully saturated rings. The molecule has 7 atom stereocenters. The van der Waals surface area contributed by atoms with E-state index in [-0.39, 0.29) is 40.1 Å². The number of anilines is 1. The van der Waals surface area contributed by atoms with Gasteiger partial charge in [0, 0.05) is 24.8 Å². The second-order valence-corrected chi connectivity index (χ2v) is 9.85. The zero-order valence-electron chi connectivity index (χ0n) is 17.3. The number of hydrogen-bond donors (Lipinski definition) is 0. The Morgan fingerprint density at radius 1 is 1.27 bits per heavy atom. The summed E-state index contributed by atoms with van der Waals surface area (Å²) >= 11 is 0. The molecule has 1 amide bonds. The lowest BCUT2D eigenvalue weighted by Gasteiger charge is -2.61. The van der Waals surface area contributed by atoms with E-state index in [0.29, 0.717) is 43.5 Å². The maximum Gasteiger partial charge on any atom is 0.229 e. The molecule has 1 aliphatic carbocycles. The molecular formula is C23H26N2O5. The van der Waals surface area contributed by atoms with Crippen molar-refractivity contribution in [2.24, 2.45) is 11.8 Å². The van der Waals surface area contributed by atoms with E-state index in [2.05, 4.69) is 6.08 Å². The van der Waals surface area contributed by atoms with Gasteiger partial charge in [-0.15, -0.1) is 0 Å². The molecule has 6 aliphatic rings. The number of piperidine rings is 2. The summed E-state index contributed by atoms with van der Waals surface area (Å²) in [6.07, 6.45) is 4.18. The Morgan fingerprint density at radius 3 is 2.87 bits per heavy atom. The molecule has 158 valence electrons. The van der Waals surface area contributed by atoms with Crippen molar-refractivity contribution in [3.05, 3.63) is 34.6 Å². The Labute approximate surface area is 175 Å². The monoisotopic (exact) mass is 410 g/mol. The number of hydroxylamine groups is 3. The first-order chi connectivity index (χ1) is 14.5. The molecule has 1 aromatic rings. The molecule has 1 saturated carbocycles. The van der Waals surface area contributed by atoms with Gasteiger partial charge in [0.1, 0.15) is 12.6 Å². The minimum Gasteiger partial charge on any atom is -0.632 e. The topological polar surface area (TPSA) is 71.1 Å². The van der Waals surface area contributed by atoms with Crippen molar-refractivity contribution in [2.45, 2.75) is 42.9 Å². The number of carbonyl (C=O) groups excluding carboxylic acids is 1. The molecule has 1 spiro atoms. The van der Waals surface area contributed by atoms with Crippen LogP contribution in [0.1, 0.15) is 24.8 Å². The number of hydrogen-bond acceptors (Lipinski definition) is 5. The number of fused-ring (bicyclic) bond motifs is 2. The zero-order chi connectivity index (χ0) is 20.4. The number of benzene rings is 1. The molecule has 2 bridgehead atoms. The molecule has 0 aromatic heterocycles. The van der Waals surface area contributed by atoms with Crippen molar-refractivity contribution in [1.82, 2.24) is 0 Å². The zero-order valence-corrected chi connectivity index (χ0v) is 17.3. The number of methoxy groups -OCH3 is 2. The van der Waals surface area contributed by atoms with Crippen molar-refractivity contribution < 1.29 is 23.7 Å². The van der Waals surface area contributed by atoms with E-state index >= 15 is 0 Å². The van der Waals surface area contributed by atoms with Gasteiger partial charge in [-0.2, -0.15) is 0 Å². The van der Waals surface area contributed by atoms with Crippen LogP contribution in [-0.4, -0.2) is 62.7 Å². The summed E-state index contributed by atoms with van der Waals surface area (Å²) in [4.78, 5) is 15.5. The molecule has 5 unspecified atom stereocenters. The molecule has 30 heavy (non-hydrogen) atoms. The maximum absolute atomic E-state index is 14.1. The minimum absolute atomic E-state index is 0.0185. The van der Waals surface area contributed by atoms with Crippen molar-refractivity contribution in [2.75, 3.05) is 38.8 Å². The molecule has 0 N–H and O–H groups in total. The fourth-order valence-electron chi connectivity index (χ4n) is 8.13. The van der Waals surface area contributed by atoms with Crippen LogP contribution >= 0.6 is 0 Å². The maximum atomic E-state index is 14.1. The smallest absolute Gasteiger partial charge is 0.229 e. The van der Waals surface area contributed by atoms with Gasteiger partial charge in [0.25, 0.3) is 0 Å². The summed E-state index contributed by atoms with van der Waals surface area (Å²) in [6.45, 7) is 1.70. The summed E-state index contributed by atoms with van der Waals surface area (Å²) < 4.78 is 17.3. The van der Waals surface area contributed by atoms with Crippen LogP contribution < -0.4 is 14.4 Å². The second-order valence-electron chi connectivity index (χ2n) is 9.85. The first-order valence-electron chi connectivity index (χ1n) is 11.0. The molecule has 0 radical (unpaired) electrons. The van der Waals surface area contributed by atoms with E-state index in [4.69, 9.17) is 14.2 Å². The van der Waals surface area contributed by atoms with Crippen LogP contribution in [0.3, 0.4) is 0 Å². The van der Waals surface area contributed by atoms with E-state index < -0.39 is 0 Å². The molecule has 7 rings (SSSR count). The SMILES string of the molecule is COc1cc2c(cc1OC)[C@@]13CC[N+]4([O-])CC5=CCOC6CC(=O)N2C1C6C5C[C@@H]34. The van der Waals surface area contributed by atoms with Crippen LogP contribution in [0.5, 0.6) is 11.5 Å². The van der Waals surface area contributed by atoms with Crippen molar-refractivity contribution in [3.63, 3.8) is 0 Å². The van der Waals surface area contributed by atoms with Gasteiger partial charge in [0.15, 0.2) is 11.5 Å². The van der Waals surface area contributed by atoms with Crippen molar-refractivity contribution in [1.29, 1.82) is 0 Å². The third kappa shape index (κ3) is 1.75. The van der Waals surface area contributed by atoms with Crippen LogP contribution in [-0.2, 0) is 14.9 Å². The van der Waals surface area contributed by atoms with Crippen LogP contribution in [0.15, 0.2) is 23.8 Å². The first-order valence-corrected chi connectivity index (χ1v) is 11.0. The summed E-state index contributed by atoms with van der Waals surface area (Å²) in [5.41, 5.74) is 2.96. The van der Waals surface area contributed by atoms with Gasteiger partial charge in [0.2, 0.25) is 5.91 Å². The average molecular weight is 410 g/mol. The molecular weight excluding hydrogens is 384 g/mol. The lowest BCUT2D eigenvalue weighted by atomic mass is 9.53. The predicted molar refractivity (Wildman–Crippen MR) is 108 cm³/mol. The van der Waals surface area contributed by atoms with Gasteiger partial charge in [-0.05, 0) is 23.1 Å². The number of rotatable bonds is 2. The normalized spacial score (nSPS) is 44.4. The summed E-state index contributed by atoms with van der Waals surface area (Å²) in [6, 6.07) is 3.96. The highest BCUT2D eigenvalue weighted by Crippen LogP contribution is 2.68. The third-order valence-corrected chi connectivity index (χ3v) is 9.10. The Hall–Kier alpha value is -2.09. The fourth-order valence-corrected chi connectivity index (χ4v) is 8.13. The fraction of sp³-hybridized carbons (Fsp3) is 0.609. The largest absolute Gasteiger partial charge is 0.632 e. The lowest BCUT2D eigenvalue weighted by molar-refractivity contribution is -0.896. The van der Waals surface area contributed by atoms with Crippen LogP contribution in [0, 0.1) is 17.0 Å². The number of carbonyl (C=O) groups is 1. The predicted octanol–water partition coefficient (Wildman–Crippen LogP) is 2.12. The Kier molecular flexibility index (Phi) is 3.16. The van der Waals surface area contributed by atoms with Crippen LogP contribution in [0.4, 0.5) is 5.69 Å². The number of nitrogens with zero attached hydrogens (tertiary/aromatic N) is 2. The molecule has 5 aliphatic heterocycles. The first kappa shape index (κ1) is 17.6. The number of quaternary nitrogens is 1. The standard InChI is InChI=1S/C23H26N2O5/c1-28-16-8-14-15(9-17(16)29-2)24-20(26)10-18-21-13-7-19-23(14,22(21)24)4-5-25(19,27)11-12(13)3-6-30-18/h3,8-9,13,18-19,21-22H,4-7,10-11H2,1-2H3/t13?,18?,19-,21?,22?,23+,25?/m0/s1. The van der Waals surface area contributed by atoms with E-state index in [1.807, 2.05) is 17.0 Å². The molecule has 7 heteroatoms. The lowest BCUT2D eigenvalue weighted by Crippen LogP contribution is -2.71. The van der Waals surface area contributed by atoms with Gasteiger partial charge in [0.05, 0.1) is 57.0 Å². The van der Waals surface area contributed by atoms with Gasteiger partial charge in [-0.1, -0.05) is 6.08 Å². The Balaban J connectivity index is 1.54. The molecule has 5 heterocycles. The van der Waals surface area contributed by atoms with Gasteiger partial charge < -0.3 is 29.0 Å². The second kappa shape index (κ2) is 5.39. The summed E-state index contributed by atoms with van der Waals surface area (Å²) in [5.74, 6) is 1.98. The average Bonchev–Trinajstić information content (AvgIpc) is 3.15. The van der Waals surface area contributed by atoms with E-state index in [1.165, 1.54) is 5.57 Å². The molecule has 3 saturated heterocycles. The van der Waals surface area contributed by atoms with E-state index in [1.54, 1.807) is 14.2 Å². The van der Waals surface area contributed by atoms with Crippen molar-refractivity contribution >= 4 is 11.6 Å². The van der Waals surface area contributed by atoms with Gasteiger partial charge in [-0.3, -0.25) is 4.79 Å². The number of ether oxygens (including phenoxy) is 3. The summed E-state index contributed by atoms with van der Waals surface area (Å²) in [7, 11) is 3.26. The highest BCUT2D eigenvalue weighted by molar-refractivity contribution is 5.99. The Bertz CT molecular complexity index is 1020. The minimum atomic E-state index is -0.328. The van der Waals surface area contributed by atoms with Crippen LogP contribution in [0.2, 0.25) is 0 Å². The quantitative estimate of drug-likeness (QED) is 0.424. The van der Waals surface area contributed by atoms with Gasteiger partial charge in [-0.25, -0.2) is 0 Å². The highest BCUT2D eigenvalue weighted by atomic mass is 16.6. The van der Waals surface area contributed by atoms with Crippen molar-refractivity contribution in [3.8, 4) is 11.5 Å². The van der Waals surface area contributed by atoms with Gasteiger partial charge >= 0.3 is 0 Å². The highest BCUT2D eigenvalue weighted by Gasteiger charge is 2.74.